The number of rotatable bonds is 6. The van der Waals surface area contributed by atoms with E-state index in [2.05, 4.69) is 39.9 Å². The third-order valence-corrected chi connectivity index (χ3v) is 4.90. The molecule has 3 atom stereocenters. The fraction of sp³-hybridized carbons (Fsp3) is 1.00. The third-order valence-electron chi connectivity index (χ3n) is 4.90. The summed E-state index contributed by atoms with van der Waals surface area (Å²) in [6.07, 6.45) is 8.40. The molecule has 0 heterocycles. The minimum absolute atomic E-state index is 0.540. The van der Waals surface area contributed by atoms with Gasteiger partial charge in [-0.2, -0.15) is 0 Å². The largest absolute Gasteiger partial charge is 0.314 e. The van der Waals surface area contributed by atoms with Crippen molar-refractivity contribution in [1.29, 1.82) is 0 Å². The highest BCUT2D eigenvalue weighted by atomic mass is 14.9. The molecule has 0 bridgehead atoms. The van der Waals surface area contributed by atoms with Gasteiger partial charge in [0.25, 0.3) is 0 Å². The molecule has 0 aliphatic heterocycles. The second-order valence-electron chi connectivity index (χ2n) is 6.75. The summed E-state index contributed by atoms with van der Waals surface area (Å²) in [5, 5.41) is 3.77. The van der Waals surface area contributed by atoms with Crippen LogP contribution in [0.15, 0.2) is 0 Å². The van der Waals surface area contributed by atoms with Crippen LogP contribution in [-0.4, -0.2) is 12.6 Å². The van der Waals surface area contributed by atoms with Crippen LogP contribution in [0.1, 0.15) is 73.1 Å². The van der Waals surface area contributed by atoms with Gasteiger partial charge in [0.1, 0.15) is 0 Å². The van der Waals surface area contributed by atoms with Gasteiger partial charge in [-0.25, -0.2) is 0 Å². The Morgan fingerprint density at radius 3 is 2.47 bits per heavy atom. The first-order valence-electron chi connectivity index (χ1n) is 7.74. The highest BCUT2D eigenvalue weighted by molar-refractivity contribution is 4.90. The average Bonchev–Trinajstić information content (AvgIpc) is 2.28. The van der Waals surface area contributed by atoms with E-state index in [9.17, 15) is 0 Å². The van der Waals surface area contributed by atoms with Crippen molar-refractivity contribution in [3.05, 3.63) is 0 Å². The molecule has 17 heavy (non-hydrogen) atoms. The van der Waals surface area contributed by atoms with E-state index < -0.39 is 0 Å². The Labute approximate surface area is 109 Å². The first-order valence-corrected chi connectivity index (χ1v) is 7.74. The highest BCUT2D eigenvalue weighted by Crippen LogP contribution is 2.43. The molecule has 1 aliphatic rings. The molecule has 1 nitrogen and oxygen atoms in total. The van der Waals surface area contributed by atoms with Gasteiger partial charge in [0, 0.05) is 6.04 Å². The first kappa shape index (κ1) is 15.0. The van der Waals surface area contributed by atoms with Crippen LogP contribution in [0.3, 0.4) is 0 Å². The van der Waals surface area contributed by atoms with Gasteiger partial charge >= 0.3 is 0 Å². The van der Waals surface area contributed by atoms with Crippen molar-refractivity contribution in [1.82, 2.24) is 5.32 Å². The van der Waals surface area contributed by atoms with Crippen LogP contribution in [0.2, 0.25) is 0 Å². The van der Waals surface area contributed by atoms with Crippen molar-refractivity contribution >= 4 is 0 Å². The Balaban J connectivity index is 2.66. The summed E-state index contributed by atoms with van der Waals surface area (Å²) in [5.41, 5.74) is 0.540. The molecule has 1 rings (SSSR count). The van der Waals surface area contributed by atoms with E-state index in [-0.39, 0.29) is 0 Å². The topological polar surface area (TPSA) is 12.0 Å². The van der Waals surface area contributed by atoms with E-state index in [0.29, 0.717) is 5.41 Å². The molecule has 0 aromatic carbocycles. The fourth-order valence-electron chi connectivity index (χ4n) is 3.52. The van der Waals surface area contributed by atoms with Crippen molar-refractivity contribution in [2.24, 2.45) is 17.3 Å². The van der Waals surface area contributed by atoms with Gasteiger partial charge in [-0.15, -0.1) is 0 Å². The van der Waals surface area contributed by atoms with Gasteiger partial charge in [-0.3, -0.25) is 0 Å². The second kappa shape index (κ2) is 6.78. The van der Waals surface area contributed by atoms with E-state index >= 15 is 0 Å². The van der Waals surface area contributed by atoms with Crippen LogP contribution in [0.25, 0.3) is 0 Å². The molecule has 1 fully saturated rings. The molecular weight excluding hydrogens is 206 g/mol. The van der Waals surface area contributed by atoms with Crippen molar-refractivity contribution in [3.8, 4) is 0 Å². The Bertz CT molecular complexity index is 210. The zero-order valence-electron chi connectivity index (χ0n) is 12.7. The summed E-state index contributed by atoms with van der Waals surface area (Å²) in [5.74, 6) is 1.74. The Morgan fingerprint density at radius 1 is 1.24 bits per heavy atom. The van der Waals surface area contributed by atoms with E-state index in [0.717, 1.165) is 24.4 Å². The molecule has 0 amide bonds. The lowest BCUT2D eigenvalue weighted by atomic mass is 9.64. The third kappa shape index (κ3) is 4.28. The molecule has 0 aromatic rings. The lowest BCUT2D eigenvalue weighted by Gasteiger charge is -2.44. The van der Waals surface area contributed by atoms with Crippen LogP contribution in [0.4, 0.5) is 0 Å². The van der Waals surface area contributed by atoms with Crippen LogP contribution < -0.4 is 5.32 Å². The Morgan fingerprint density at radius 2 is 1.94 bits per heavy atom. The van der Waals surface area contributed by atoms with Gasteiger partial charge in [-0.05, 0) is 43.1 Å². The highest BCUT2D eigenvalue weighted by Gasteiger charge is 2.37. The molecule has 1 N–H and O–H groups in total. The lowest BCUT2D eigenvalue weighted by Crippen LogP contribution is -2.45. The zero-order valence-corrected chi connectivity index (χ0v) is 12.7. The summed E-state index contributed by atoms with van der Waals surface area (Å²) >= 11 is 0. The number of hydrogen-bond donors (Lipinski definition) is 1. The monoisotopic (exact) mass is 239 g/mol. The van der Waals surface area contributed by atoms with E-state index in [4.69, 9.17) is 0 Å². The molecule has 1 saturated carbocycles. The molecular formula is C16H33N. The maximum absolute atomic E-state index is 3.77. The van der Waals surface area contributed by atoms with E-state index in [1.807, 2.05) is 0 Å². The standard InChI is InChI=1S/C16H33N/c1-6-13(3)12-15(17-7-2)14-10-8-9-11-16(14,4)5/h13-15,17H,6-12H2,1-5H3. The van der Waals surface area contributed by atoms with Crippen molar-refractivity contribution < 1.29 is 0 Å². The van der Waals surface area contributed by atoms with Crippen LogP contribution in [-0.2, 0) is 0 Å². The maximum atomic E-state index is 3.77. The van der Waals surface area contributed by atoms with Gasteiger partial charge in [0.05, 0.1) is 0 Å². The summed E-state index contributed by atoms with van der Waals surface area (Å²) < 4.78 is 0. The summed E-state index contributed by atoms with van der Waals surface area (Å²) in [6, 6.07) is 0.741. The van der Waals surface area contributed by atoms with Crippen molar-refractivity contribution in [2.75, 3.05) is 6.54 Å². The predicted octanol–water partition coefficient (Wildman–Crippen LogP) is 4.62. The molecule has 0 saturated heterocycles. The first-order chi connectivity index (χ1) is 8.01. The Kier molecular flexibility index (Phi) is 5.99. The minimum Gasteiger partial charge on any atom is -0.314 e. The smallest absolute Gasteiger partial charge is 0.0103 e. The SMILES string of the molecule is CCNC(CC(C)CC)C1CCCCC1(C)C. The summed E-state index contributed by atoms with van der Waals surface area (Å²) in [7, 11) is 0. The van der Waals surface area contributed by atoms with Gasteiger partial charge in [-0.1, -0.05) is 53.9 Å². The van der Waals surface area contributed by atoms with Gasteiger partial charge < -0.3 is 5.32 Å². The molecule has 1 aliphatic carbocycles. The van der Waals surface area contributed by atoms with Crippen LogP contribution in [0, 0.1) is 17.3 Å². The summed E-state index contributed by atoms with van der Waals surface area (Å²) in [4.78, 5) is 0. The molecule has 0 spiro atoms. The molecule has 0 radical (unpaired) electrons. The van der Waals surface area contributed by atoms with Crippen molar-refractivity contribution in [2.45, 2.75) is 79.2 Å². The Hall–Kier alpha value is -0.0400. The van der Waals surface area contributed by atoms with Gasteiger partial charge in [0.15, 0.2) is 0 Å². The maximum Gasteiger partial charge on any atom is 0.0103 e. The number of hydrogen-bond acceptors (Lipinski definition) is 1. The minimum atomic E-state index is 0.540. The fourth-order valence-corrected chi connectivity index (χ4v) is 3.52. The average molecular weight is 239 g/mol. The van der Waals surface area contributed by atoms with Crippen LogP contribution >= 0.6 is 0 Å². The molecule has 0 aromatic heterocycles. The molecule has 3 unspecified atom stereocenters. The quantitative estimate of drug-likeness (QED) is 0.713. The van der Waals surface area contributed by atoms with E-state index in [1.165, 1.54) is 38.5 Å². The molecule has 102 valence electrons. The lowest BCUT2D eigenvalue weighted by molar-refractivity contribution is 0.0889. The van der Waals surface area contributed by atoms with E-state index in [1.54, 1.807) is 0 Å². The molecule has 1 heteroatoms. The zero-order chi connectivity index (χ0) is 12.9. The van der Waals surface area contributed by atoms with Crippen molar-refractivity contribution in [3.63, 3.8) is 0 Å². The van der Waals surface area contributed by atoms with Gasteiger partial charge in [0.2, 0.25) is 0 Å². The normalized spacial score (nSPS) is 27.7. The van der Waals surface area contributed by atoms with Crippen LogP contribution in [0.5, 0.6) is 0 Å². The second-order valence-corrected chi connectivity index (χ2v) is 6.75. The predicted molar refractivity (Wildman–Crippen MR) is 77.3 cm³/mol. The number of nitrogens with one attached hydrogen (secondary N) is 1. The summed E-state index contributed by atoms with van der Waals surface area (Å²) in [6.45, 7) is 13.1.